The van der Waals surface area contributed by atoms with Crippen molar-refractivity contribution < 1.29 is 18.3 Å². The summed E-state index contributed by atoms with van der Waals surface area (Å²) in [7, 11) is 0. The van der Waals surface area contributed by atoms with Gasteiger partial charge in [0, 0.05) is 11.8 Å². The maximum Gasteiger partial charge on any atom is 0.196 e. The van der Waals surface area contributed by atoms with Crippen molar-refractivity contribution in [3.05, 3.63) is 53.8 Å². The van der Waals surface area contributed by atoms with Crippen molar-refractivity contribution in [2.45, 2.75) is 0 Å². The highest BCUT2D eigenvalue weighted by Crippen LogP contribution is 2.25. The molecule has 0 aromatic heterocycles. The first kappa shape index (κ1) is 11.3. The van der Waals surface area contributed by atoms with E-state index >= 15 is 0 Å². The summed E-state index contributed by atoms with van der Waals surface area (Å²) >= 11 is 0. The lowest BCUT2D eigenvalue weighted by Gasteiger charge is -2.08. The van der Waals surface area contributed by atoms with Crippen LogP contribution in [0.2, 0.25) is 0 Å². The fraction of sp³-hybridized carbons (Fsp3) is 0. The molecule has 0 atom stereocenters. The molecule has 0 unspecified atom stereocenters. The molecule has 0 fully saturated rings. The third-order valence-electron chi connectivity index (χ3n) is 2.16. The highest BCUT2D eigenvalue weighted by atomic mass is 19.2. The number of benzene rings is 2. The number of phenolic OH excluding ortho intramolecular Hbond substituents is 1. The van der Waals surface area contributed by atoms with E-state index in [1.165, 1.54) is 18.2 Å². The zero-order chi connectivity index (χ0) is 12.4. The quantitative estimate of drug-likeness (QED) is 0.785. The molecular weight excluding hydrogens is 231 g/mol. The fourth-order valence-corrected chi connectivity index (χ4v) is 1.36. The smallest absolute Gasteiger partial charge is 0.196 e. The summed E-state index contributed by atoms with van der Waals surface area (Å²) in [6.45, 7) is 0. The van der Waals surface area contributed by atoms with Crippen molar-refractivity contribution in [1.29, 1.82) is 0 Å². The summed E-state index contributed by atoms with van der Waals surface area (Å²) in [5.74, 6) is -4.09. The number of hydrogen-bond donors (Lipinski definition) is 2. The van der Waals surface area contributed by atoms with Crippen LogP contribution in [0.1, 0.15) is 0 Å². The van der Waals surface area contributed by atoms with E-state index in [4.69, 9.17) is 0 Å². The Morgan fingerprint density at radius 2 is 1.71 bits per heavy atom. The van der Waals surface area contributed by atoms with Gasteiger partial charge >= 0.3 is 0 Å². The lowest BCUT2D eigenvalue weighted by atomic mass is 10.2. The van der Waals surface area contributed by atoms with Crippen LogP contribution in [0, 0.1) is 17.5 Å². The minimum Gasteiger partial charge on any atom is -0.508 e. The molecular formula is C12H8F3NO. The summed E-state index contributed by atoms with van der Waals surface area (Å²) in [5, 5.41) is 11.7. The van der Waals surface area contributed by atoms with Crippen molar-refractivity contribution in [1.82, 2.24) is 0 Å². The molecule has 0 heterocycles. The van der Waals surface area contributed by atoms with E-state index in [1.54, 1.807) is 6.07 Å². The number of hydrogen-bond acceptors (Lipinski definition) is 2. The van der Waals surface area contributed by atoms with Gasteiger partial charge in [0.15, 0.2) is 17.5 Å². The van der Waals surface area contributed by atoms with Crippen LogP contribution in [0.3, 0.4) is 0 Å². The molecule has 2 nitrogen and oxygen atoms in total. The Balaban J connectivity index is 2.34. The third kappa shape index (κ3) is 2.33. The van der Waals surface area contributed by atoms with Gasteiger partial charge in [-0.2, -0.15) is 0 Å². The molecule has 0 saturated carbocycles. The van der Waals surface area contributed by atoms with Crippen molar-refractivity contribution in [3.63, 3.8) is 0 Å². The van der Waals surface area contributed by atoms with Gasteiger partial charge in [-0.15, -0.1) is 0 Å². The molecule has 2 aromatic rings. The lowest BCUT2D eigenvalue weighted by molar-refractivity contribution is 0.449. The molecule has 2 rings (SSSR count). The minimum absolute atomic E-state index is 0.0157. The van der Waals surface area contributed by atoms with Crippen molar-refractivity contribution in [3.8, 4) is 5.75 Å². The second kappa shape index (κ2) is 4.37. The summed E-state index contributed by atoms with van der Waals surface area (Å²) < 4.78 is 38.9. The summed E-state index contributed by atoms with van der Waals surface area (Å²) in [5.41, 5.74) is 0.171. The van der Waals surface area contributed by atoms with E-state index in [1.807, 2.05) is 0 Å². The first-order valence-corrected chi connectivity index (χ1v) is 4.77. The number of halogens is 3. The Hall–Kier alpha value is -2.17. The Labute approximate surface area is 95.3 Å². The highest BCUT2D eigenvalue weighted by molar-refractivity contribution is 5.61. The molecule has 0 spiro atoms. The van der Waals surface area contributed by atoms with E-state index in [-0.39, 0.29) is 11.4 Å². The molecule has 5 heteroatoms. The Kier molecular flexibility index (Phi) is 2.91. The van der Waals surface area contributed by atoms with E-state index in [0.717, 1.165) is 12.1 Å². The number of rotatable bonds is 2. The molecule has 2 aromatic carbocycles. The van der Waals surface area contributed by atoms with Gasteiger partial charge in [0.05, 0.1) is 5.69 Å². The average molecular weight is 239 g/mol. The molecule has 0 aliphatic rings. The van der Waals surface area contributed by atoms with Gasteiger partial charge in [0.1, 0.15) is 5.75 Å². The van der Waals surface area contributed by atoms with Gasteiger partial charge in [-0.1, -0.05) is 6.07 Å². The second-order valence-corrected chi connectivity index (χ2v) is 3.40. The van der Waals surface area contributed by atoms with Crippen LogP contribution >= 0.6 is 0 Å². The predicted octanol–water partition coefficient (Wildman–Crippen LogP) is 3.55. The summed E-state index contributed by atoms with van der Waals surface area (Å²) in [6.07, 6.45) is 0. The minimum atomic E-state index is -1.53. The Bertz CT molecular complexity index is 557. The van der Waals surface area contributed by atoms with Gasteiger partial charge < -0.3 is 10.4 Å². The predicted molar refractivity (Wildman–Crippen MR) is 57.7 cm³/mol. The van der Waals surface area contributed by atoms with Gasteiger partial charge in [-0.05, 0) is 24.3 Å². The van der Waals surface area contributed by atoms with Crippen LogP contribution < -0.4 is 5.32 Å². The SMILES string of the molecule is Oc1cccc(Nc2ccc(F)c(F)c2F)c1. The van der Waals surface area contributed by atoms with Crippen LogP contribution in [0.15, 0.2) is 36.4 Å². The monoisotopic (exact) mass is 239 g/mol. The maximum absolute atomic E-state index is 13.3. The fourth-order valence-electron chi connectivity index (χ4n) is 1.36. The van der Waals surface area contributed by atoms with Gasteiger partial charge in [0.2, 0.25) is 0 Å². The molecule has 0 radical (unpaired) electrons. The van der Waals surface area contributed by atoms with Gasteiger partial charge in [0.25, 0.3) is 0 Å². The van der Waals surface area contributed by atoms with Crippen molar-refractivity contribution in [2.24, 2.45) is 0 Å². The van der Waals surface area contributed by atoms with Crippen molar-refractivity contribution >= 4 is 11.4 Å². The van der Waals surface area contributed by atoms with E-state index < -0.39 is 17.5 Å². The first-order valence-electron chi connectivity index (χ1n) is 4.77. The molecule has 0 aliphatic carbocycles. The summed E-state index contributed by atoms with van der Waals surface area (Å²) in [4.78, 5) is 0. The zero-order valence-electron chi connectivity index (χ0n) is 8.55. The highest BCUT2D eigenvalue weighted by Gasteiger charge is 2.13. The topological polar surface area (TPSA) is 32.3 Å². The largest absolute Gasteiger partial charge is 0.508 e. The van der Waals surface area contributed by atoms with Crippen LogP contribution in [-0.4, -0.2) is 5.11 Å². The molecule has 2 N–H and O–H groups in total. The van der Waals surface area contributed by atoms with Crippen LogP contribution in [-0.2, 0) is 0 Å². The maximum atomic E-state index is 13.3. The van der Waals surface area contributed by atoms with Crippen LogP contribution in [0.4, 0.5) is 24.5 Å². The average Bonchev–Trinajstić information content (AvgIpc) is 2.30. The first-order chi connectivity index (χ1) is 8.08. The van der Waals surface area contributed by atoms with Crippen LogP contribution in [0.5, 0.6) is 5.75 Å². The number of anilines is 2. The normalized spacial score (nSPS) is 10.3. The number of phenols is 1. The molecule has 17 heavy (non-hydrogen) atoms. The van der Waals surface area contributed by atoms with E-state index in [0.29, 0.717) is 5.69 Å². The number of nitrogens with one attached hydrogen (secondary N) is 1. The zero-order valence-corrected chi connectivity index (χ0v) is 8.55. The second-order valence-electron chi connectivity index (χ2n) is 3.40. The summed E-state index contributed by atoms with van der Waals surface area (Å²) in [6, 6.07) is 7.77. The standard InChI is InChI=1S/C12H8F3NO/c13-9-4-5-10(12(15)11(9)14)16-7-2-1-3-8(17)6-7/h1-6,16-17H. The van der Waals surface area contributed by atoms with Gasteiger partial charge in [-0.25, -0.2) is 13.2 Å². The van der Waals surface area contributed by atoms with Crippen LogP contribution in [0.25, 0.3) is 0 Å². The third-order valence-corrected chi connectivity index (χ3v) is 2.16. The molecule has 0 amide bonds. The lowest BCUT2D eigenvalue weighted by Crippen LogP contribution is -1.98. The number of aromatic hydroxyl groups is 1. The molecule has 0 bridgehead atoms. The van der Waals surface area contributed by atoms with Gasteiger partial charge in [-0.3, -0.25) is 0 Å². The molecule has 88 valence electrons. The molecule has 0 aliphatic heterocycles. The van der Waals surface area contributed by atoms with E-state index in [2.05, 4.69) is 5.32 Å². The Morgan fingerprint density at radius 3 is 2.41 bits per heavy atom. The van der Waals surface area contributed by atoms with E-state index in [9.17, 15) is 18.3 Å². The van der Waals surface area contributed by atoms with Crippen molar-refractivity contribution in [2.75, 3.05) is 5.32 Å². The molecule has 0 saturated heterocycles. The Morgan fingerprint density at radius 1 is 0.941 bits per heavy atom.